The van der Waals surface area contributed by atoms with Crippen molar-refractivity contribution < 1.29 is 13.3 Å². The van der Waals surface area contributed by atoms with Gasteiger partial charge in [-0.05, 0) is 12.5 Å². The Balaban J connectivity index is 0.000000310. The van der Waals surface area contributed by atoms with Crippen LogP contribution < -0.4 is 0 Å². The van der Waals surface area contributed by atoms with Crippen LogP contribution in [0.4, 0.5) is 0 Å². The zero-order valence-electron chi connectivity index (χ0n) is 7.25. The Morgan fingerprint density at radius 3 is 2.08 bits per heavy atom. The molecule has 0 amide bonds. The predicted octanol–water partition coefficient (Wildman–Crippen LogP) is 2.40. The van der Waals surface area contributed by atoms with Crippen LogP contribution in [0.2, 0.25) is 0 Å². The maximum absolute atomic E-state index is 8.67. The Morgan fingerprint density at radius 2 is 1.69 bits per heavy atom. The van der Waals surface area contributed by atoms with Crippen molar-refractivity contribution in [3.8, 4) is 0 Å². The average Bonchev–Trinajstić information content (AvgIpc) is 2.06. The van der Waals surface area contributed by atoms with E-state index in [1.54, 1.807) is 0 Å². The topological polar surface area (TPSA) is 57.5 Å². The molecule has 0 radical (unpaired) electrons. The number of hydrogen-bond donors (Lipinski definition) is 2. The molecule has 72 valence electrons. The molecule has 0 bridgehead atoms. The van der Waals surface area contributed by atoms with Crippen molar-refractivity contribution in [1.82, 2.24) is 0 Å². The van der Waals surface area contributed by atoms with Crippen molar-refractivity contribution in [1.29, 1.82) is 0 Å². The highest BCUT2D eigenvalue weighted by molar-refractivity contribution is 7.73. The molecule has 0 atom stereocenters. The van der Waals surface area contributed by atoms with Gasteiger partial charge in [-0.2, -0.15) is 4.21 Å². The van der Waals surface area contributed by atoms with Gasteiger partial charge in [-0.1, -0.05) is 42.5 Å². The van der Waals surface area contributed by atoms with Gasteiger partial charge in [0.1, 0.15) is 0 Å². The first-order valence-electron chi connectivity index (χ1n) is 3.64. The fraction of sp³-hybridized carbons (Fsp3) is 0.111. The summed E-state index contributed by atoms with van der Waals surface area (Å²) in [4.78, 5) is 0. The standard InChI is InChI=1S/C9H10.H2O3S/c1-2-6-9-7-4-3-5-8-9;1-4(2)3/h2-8H,1H3;(H2,1,2,3). The van der Waals surface area contributed by atoms with Gasteiger partial charge in [0.05, 0.1) is 0 Å². The Kier molecular flexibility index (Phi) is 7.10. The summed E-state index contributed by atoms with van der Waals surface area (Å²) < 4.78 is 22.8. The van der Waals surface area contributed by atoms with Crippen molar-refractivity contribution in [2.45, 2.75) is 6.92 Å². The molecule has 0 fully saturated rings. The first-order valence-corrected chi connectivity index (χ1v) is 4.71. The maximum atomic E-state index is 8.67. The molecular weight excluding hydrogens is 188 g/mol. The molecule has 0 aromatic heterocycles. The van der Waals surface area contributed by atoms with Gasteiger partial charge in [-0.3, -0.25) is 9.11 Å². The van der Waals surface area contributed by atoms with Crippen molar-refractivity contribution in [3.05, 3.63) is 42.0 Å². The van der Waals surface area contributed by atoms with Crippen LogP contribution in [-0.2, 0) is 11.4 Å². The van der Waals surface area contributed by atoms with Crippen molar-refractivity contribution in [2.24, 2.45) is 0 Å². The number of benzene rings is 1. The van der Waals surface area contributed by atoms with Crippen LogP contribution in [0.15, 0.2) is 36.4 Å². The molecule has 0 spiro atoms. The molecule has 0 aliphatic rings. The van der Waals surface area contributed by atoms with Crippen LogP contribution >= 0.6 is 0 Å². The summed E-state index contributed by atoms with van der Waals surface area (Å²) in [6.45, 7) is 2.02. The van der Waals surface area contributed by atoms with Crippen LogP contribution in [-0.4, -0.2) is 13.3 Å². The van der Waals surface area contributed by atoms with Crippen LogP contribution in [0.1, 0.15) is 12.5 Å². The van der Waals surface area contributed by atoms with Crippen molar-refractivity contribution in [3.63, 3.8) is 0 Å². The summed E-state index contributed by atoms with van der Waals surface area (Å²) in [5.41, 5.74) is 1.26. The average molecular weight is 200 g/mol. The van der Waals surface area contributed by atoms with Gasteiger partial charge in [0.2, 0.25) is 0 Å². The van der Waals surface area contributed by atoms with E-state index in [0.717, 1.165) is 0 Å². The van der Waals surface area contributed by atoms with E-state index in [0.29, 0.717) is 0 Å². The van der Waals surface area contributed by atoms with Crippen LogP contribution in [0.25, 0.3) is 6.08 Å². The van der Waals surface area contributed by atoms with E-state index in [-0.39, 0.29) is 0 Å². The predicted molar refractivity (Wildman–Crippen MR) is 54.6 cm³/mol. The molecule has 0 heterocycles. The van der Waals surface area contributed by atoms with Crippen molar-refractivity contribution >= 4 is 17.4 Å². The third kappa shape index (κ3) is 8.94. The molecule has 1 rings (SSSR count). The zero-order valence-corrected chi connectivity index (χ0v) is 8.07. The second-order valence-electron chi connectivity index (χ2n) is 2.14. The molecule has 13 heavy (non-hydrogen) atoms. The van der Waals surface area contributed by atoms with E-state index in [4.69, 9.17) is 13.3 Å². The molecule has 0 aliphatic carbocycles. The quantitative estimate of drug-likeness (QED) is 0.684. The zero-order chi connectivity index (χ0) is 10.1. The molecular formula is C9H12O3S. The van der Waals surface area contributed by atoms with E-state index in [1.165, 1.54) is 5.56 Å². The van der Waals surface area contributed by atoms with Gasteiger partial charge >= 0.3 is 0 Å². The van der Waals surface area contributed by atoms with E-state index in [1.807, 2.05) is 31.2 Å². The van der Waals surface area contributed by atoms with Gasteiger partial charge in [0.25, 0.3) is 11.4 Å². The summed E-state index contributed by atoms with van der Waals surface area (Å²) in [6, 6.07) is 10.3. The Hall–Kier alpha value is -0.970. The summed E-state index contributed by atoms with van der Waals surface area (Å²) >= 11 is -2.61. The number of allylic oxidation sites excluding steroid dienone is 1. The normalized spacial score (nSPS) is 9.85. The molecule has 1 aromatic carbocycles. The number of hydrogen-bond acceptors (Lipinski definition) is 1. The molecule has 2 N–H and O–H groups in total. The molecule has 0 unspecified atom stereocenters. The molecule has 0 saturated heterocycles. The van der Waals surface area contributed by atoms with E-state index in [2.05, 4.69) is 18.2 Å². The van der Waals surface area contributed by atoms with Gasteiger partial charge in [-0.25, -0.2) is 0 Å². The lowest BCUT2D eigenvalue weighted by atomic mass is 10.2. The second kappa shape index (κ2) is 7.67. The van der Waals surface area contributed by atoms with Crippen LogP contribution in [0, 0.1) is 0 Å². The molecule has 4 heteroatoms. The smallest absolute Gasteiger partial charge is 0.284 e. The highest BCUT2D eigenvalue weighted by Gasteiger charge is 1.77. The van der Waals surface area contributed by atoms with Crippen LogP contribution in [0.3, 0.4) is 0 Å². The van der Waals surface area contributed by atoms with E-state index in [9.17, 15) is 0 Å². The molecule has 1 aromatic rings. The second-order valence-corrected chi connectivity index (χ2v) is 2.60. The SMILES string of the molecule is CC=Cc1ccccc1.O=S(O)O. The van der Waals surface area contributed by atoms with Crippen LogP contribution in [0.5, 0.6) is 0 Å². The highest BCUT2D eigenvalue weighted by Crippen LogP contribution is 1.99. The molecule has 0 saturated carbocycles. The summed E-state index contributed by atoms with van der Waals surface area (Å²) in [6.07, 6.45) is 4.12. The molecule has 3 nitrogen and oxygen atoms in total. The Morgan fingerprint density at radius 1 is 1.23 bits per heavy atom. The van der Waals surface area contributed by atoms with Gasteiger partial charge in [0.15, 0.2) is 0 Å². The highest BCUT2D eigenvalue weighted by atomic mass is 32.2. The molecule has 0 aliphatic heterocycles. The fourth-order valence-electron chi connectivity index (χ4n) is 0.757. The largest absolute Gasteiger partial charge is 0.299 e. The summed E-state index contributed by atoms with van der Waals surface area (Å²) in [7, 11) is 0. The van der Waals surface area contributed by atoms with Gasteiger partial charge in [0, 0.05) is 0 Å². The van der Waals surface area contributed by atoms with Crippen molar-refractivity contribution in [2.75, 3.05) is 0 Å². The monoisotopic (exact) mass is 200 g/mol. The fourth-order valence-corrected chi connectivity index (χ4v) is 0.757. The third-order valence-electron chi connectivity index (χ3n) is 1.16. The minimum absolute atomic E-state index is 1.26. The maximum Gasteiger partial charge on any atom is 0.299 e. The van der Waals surface area contributed by atoms with Gasteiger partial charge < -0.3 is 0 Å². The Bertz CT molecular complexity index is 265. The lowest BCUT2D eigenvalue weighted by molar-refractivity contribution is 0.454. The minimum atomic E-state index is -2.61. The van der Waals surface area contributed by atoms with E-state index < -0.39 is 11.4 Å². The first kappa shape index (κ1) is 12.0. The van der Waals surface area contributed by atoms with Gasteiger partial charge in [-0.15, -0.1) is 0 Å². The minimum Gasteiger partial charge on any atom is -0.284 e. The number of rotatable bonds is 1. The lowest BCUT2D eigenvalue weighted by Gasteiger charge is -1.86. The Labute approximate surface area is 80.2 Å². The lowest BCUT2D eigenvalue weighted by Crippen LogP contribution is -1.74. The summed E-state index contributed by atoms with van der Waals surface area (Å²) in [5, 5.41) is 0. The van der Waals surface area contributed by atoms with E-state index >= 15 is 0 Å². The first-order chi connectivity index (χ1) is 6.16. The third-order valence-corrected chi connectivity index (χ3v) is 1.16. The summed E-state index contributed by atoms with van der Waals surface area (Å²) in [5.74, 6) is 0.